The Morgan fingerprint density at radius 1 is 1.05 bits per heavy atom. The average molecular weight is 584 g/mol. The molecule has 1 aliphatic heterocycles. The lowest BCUT2D eigenvalue weighted by Gasteiger charge is -2.28. The van der Waals surface area contributed by atoms with Crippen molar-refractivity contribution < 1.29 is 23.9 Å². The smallest absolute Gasteiger partial charge is 0.270 e. The molecule has 4 rings (SSSR count). The lowest BCUT2D eigenvalue weighted by Crippen LogP contribution is -2.54. The lowest BCUT2D eigenvalue weighted by atomic mass is 10.1. The van der Waals surface area contributed by atoms with E-state index in [1.54, 1.807) is 61.5 Å². The second-order valence-electron chi connectivity index (χ2n) is 8.36. The minimum atomic E-state index is -0.639. The van der Waals surface area contributed by atoms with E-state index in [-0.39, 0.29) is 40.4 Å². The fraction of sp³-hybridized carbons (Fsp3) is 0.143. The van der Waals surface area contributed by atoms with E-state index < -0.39 is 17.7 Å². The summed E-state index contributed by atoms with van der Waals surface area (Å²) in [6.45, 7) is 3.55. The summed E-state index contributed by atoms with van der Waals surface area (Å²) in [5, 5.41) is 5.88. The number of amides is 3. The minimum absolute atomic E-state index is 0.0173. The number of thiocarbonyl (C=S) groups is 1. The van der Waals surface area contributed by atoms with E-state index in [0.29, 0.717) is 22.0 Å². The van der Waals surface area contributed by atoms with Crippen LogP contribution in [0.15, 0.2) is 66.2 Å². The predicted molar refractivity (Wildman–Crippen MR) is 156 cm³/mol. The highest BCUT2D eigenvalue weighted by Crippen LogP contribution is 2.37. The van der Waals surface area contributed by atoms with Gasteiger partial charge in [0.2, 0.25) is 0 Å². The van der Waals surface area contributed by atoms with Crippen LogP contribution in [0.4, 0.5) is 11.4 Å². The van der Waals surface area contributed by atoms with Gasteiger partial charge in [0.25, 0.3) is 17.7 Å². The molecular formula is C28H23Cl2N3O5S. The molecule has 1 aliphatic rings. The normalized spacial score (nSPS) is 14.3. The summed E-state index contributed by atoms with van der Waals surface area (Å²) in [5.41, 5.74) is 2.19. The van der Waals surface area contributed by atoms with Crippen LogP contribution >= 0.6 is 35.4 Å². The molecule has 0 bridgehead atoms. The summed E-state index contributed by atoms with van der Waals surface area (Å²) in [5.74, 6) is -1.27. The molecule has 2 N–H and O–H groups in total. The quantitative estimate of drug-likeness (QED) is 0.205. The number of hydrogen-bond donors (Lipinski definition) is 2. The highest BCUT2D eigenvalue weighted by Gasteiger charge is 2.34. The Balaban J connectivity index is 1.56. The van der Waals surface area contributed by atoms with Crippen LogP contribution in [-0.2, 0) is 14.4 Å². The molecule has 0 radical (unpaired) electrons. The van der Waals surface area contributed by atoms with Gasteiger partial charge in [-0.2, -0.15) is 0 Å². The number of aryl methyl sites for hydroxylation is 1. The largest absolute Gasteiger partial charge is 0.490 e. The van der Waals surface area contributed by atoms with Gasteiger partial charge in [-0.1, -0.05) is 47.5 Å². The molecule has 0 atom stereocenters. The Morgan fingerprint density at radius 2 is 1.79 bits per heavy atom. The van der Waals surface area contributed by atoms with E-state index in [1.807, 2.05) is 6.92 Å². The third-order valence-electron chi connectivity index (χ3n) is 5.56. The van der Waals surface area contributed by atoms with Crippen LogP contribution in [0, 0.1) is 6.92 Å². The van der Waals surface area contributed by atoms with Crippen LogP contribution in [0.25, 0.3) is 6.08 Å². The highest BCUT2D eigenvalue weighted by molar-refractivity contribution is 7.80. The predicted octanol–water partition coefficient (Wildman–Crippen LogP) is 5.55. The molecule has 3 aromatic rings. The summed E-state index contributed by atoms with van der Waals surface area (Å²) in [4.78, 5) is 39.6. The lowest BCUT2D eigenvalue weighted by molar-refractivity contribution is -0.122. The van der Waals surface area contributed by atoms with E-state index in [1.165, 1.54) is 17.0 Å². The van der Waals surface area contributed by atoms with Crippen LogP contribution in [0.5, 0.6) is 11.5 Å². The summed E-state index contributed by atoms with van der Waals surface area (Å²) in [6.07, 6.45) is 1.39. The van der Waals surface area contributed by atoms with E-state index in [0.717, 1.165) is 5.56 Å². The van der Waals surface area contributed by atoms with Gasteiger partial charge in [0.05, 0.1) is 17.3 Å². The van der Waals surface area contributed by atoms with Crippen molar-refractivity contribution in [2.24, 2.45) is 0 Å². The molecule has 0 saturated carbocycles. The van der Waals surface area contributed by atoms with E-state index in [2.05, 4.69) is 10.6 Å². The third-order valence-corrected chi connectivity index (χ3v) is 6.53. The maximum atomic E-state index is 13.2. The van der Waals surface area contributed by atoms with Crippen molar-refractivity contribution in [3.8, 4) is 11.5 Å². The number of carbonyl (C=O) groups is 3. The molecule has 3 aromatic carbocycles. The number of carbonyl (C=O) groups excluding carboxylic acids is 3. The van der Waals surface area contributed by atoms with Crippen molar-refractivity contribution >= 4 is 75.7 Å². The average Bonchev–Trinajstić information content (AvgIpc) is 2.89. The number of benzene rings is 3. The van der Waals surface area contributed by atoms with Gasteiger partial charge in [0.15, 0.2) is 23.2 Å². The SMILES string of the molecule is CCOc1cc(/C=C2/C(=O)NC(=S)N(c3ccccc3)C2=O)cc(Cl)c1OCC(=O)Nc1ccc(C)c(Cl)c1. The van der Waals surface area contributed by atoms with Crippen molar-refractivity contribution in [1.82, 2.24) is 5.32 Å². The zero-order valence-corrected chi connectivity index (χ0v) is 23.2. The van der Waals surface area contributed by atoms with Gasteiger partial charge in [-0.25, -0.2) is 0 Å². The van der Waals surface area contributed by atoms with Gasteiger partial charge in [-0.3, -0.25) is 24.6 Å². The Kier molecular flexibility index (Phi) is 8.86. The molecule has 0 unspecified atom stereocenters. The molecular weight excluding hydrogens is 561 g/mol. The molecule has 1 heterocycles. The Bertz CT molecular complexity index is 1490. The summed E-state index contributed by atoms with van der Waals surface area (Å²) in [7, 11) is 0. The van der Waals surface area contributed by atoms with Gasteiger partial charge in [-0.05, 0) is 79.7 Å². The van der Waals surface area contributed by atoms with Gasteiger partial charge in [-0.15, -0.1) is 0 Å². The zero-order valence-electron chi connectivity index (χ0n) is 20.9. The molecule has 0 spiro atoms. The van der Waals surface area contributed by atoms with E-state index in [4.69, 9.17) is 44.9 Å². The molecule has 11 heteroatoms. The summed E-state index contributed by atoms with van der Waals surface area (Å²) in [6, 6.07) is 17.0. The third kappa shape index (κ3) is 6.57. The van der Waals surface area contributed by atoms with Crippen LogP contribution < -0.4 is 25.0 Å². The molecule has 8 nitrogen and oxygen atoms in total. The fourth-order valence-corrected chi connectivity index (χ4v) is 4.45. The topological polar surface area (TPSA) is 97.0 Å². The standard InChI is InChI=1S/C28H23Cl2N3O5S/c1-3-37-23-13-17(11-20-26(35)32-28(39)33(27(20)36)19-7-5-4-6-8-19)12-22(30)25(23)38-15-24(34)31-18-10-9-16(2)21(29)14-18/h4-14H,3,15H2,1-2H3,(H,31,34)(H,32,35,39)/b20-11-. The van der Waals surface area contributed by atoms with Crippen LogP contribution in [-0.4, -0.2) is 36.0 Å². The molecule has 1 saturated heterocycles. The fourth-order valence-electron chi connectivity index (χ4n) is 3.72. The van der Waals surface area contributed by atoms with Crippen molar-refractivity contribution in [3.63, 3.8) is 0 Å². The van der Waals surface area contributed by atoms with Crippen LogP contribution in [0.1, 0.15) is 18.1 Å². The van der Waals surface area contributed by atoms with E-state index >= 15 is 0 Å². The number of nitrogens with zero attached hydrogens (tertiary/aromatic N) is 1. The molecule has 39 heavy (non-hydrogen) atoms. The van der Waals surface area contributed by atoms with Gasteiger partial charge in [0.1, 0.15) is 5.57 Å². The second-order valence-corrected chi connectivity index (χ2v) is 9.56. The summed E-state index contributed by atoms with van der Waals surface area (Å²) < 4.78 is 11.4. The minimum Gasteiger partial charge on any atom is -0.490 e. The maximum absolute atomic E-state index is 13.2. The first kappa shape index (κ1) is 28.1. The van der Waals surface area contributed by atoms with Gasteiger partial charge < -0.3 is 14.8 Å². The Hall–Kier alpha value is -3.92. The highest BCUT2D eigenvalue weighted by atomic mass is 35.5. The number of ether oxygens (including phenoxy) is 2. The number of rotatable bonds is 8. The second kappa shape index (κ2) is 12.3. The first-order valence-electron chi connectivity index (χ1n) is 11.8. The molecule has 200 valence electrons. The van der Waals surface area contributed by atoms with E-state index in [9.17, 15) is 14.4 Å². The number of nitrogens with one attached hydrogen (secondary N) is 2. The van der Waals surface area contributed by atoms with Crippen LogP contribution in [0.2, 0.25) is 10.0 Å². The Morgan fingerprint density at radius 3 is 2.49 bits per heavy atom. The molecule has 1 fully saturated rings. The first-order chi connectivity index (χ1) is 18.7. The number of para-hydroxylation sites is 1. The number of hydrogen-bond acceptors (Lipinski definition) is 6. The maximum Gasteiger partial charge on any atom is 0.270 e. The number of halogens is 2. The van der Waals surface area contributed by atoms with Gasteiger partial charge in [0, 0.05) is 10.7 Å². The van der Waals surface area contributed by atoms with Gasteiger partial charge >= 0.3 is 0 Å². The zero-order chi connectivity index (χ0) is 28.1. The van der Waals surface area contributed by atoms with Crippen molar-refractivity contribution in [2.75, 3.05) is 23.4 Å². The Labute approximate surface area is 240 Å². The monoisotopic (exact) mass is 583 g/mol. The molecule has 0 aromatic heterocycles. The van der Waals surface area contributed by atoms with Crippen molar-refractivity contribution in [2.45, 2.75) is 13.8 Å². The molecule has 0 aliphatic carbocycles. The molecule has 3 amide bonds. The van der Waals surface area contributed by atoms with Crippen molar-refractivity contribution in [3.05, 3.63) is 87.4 Å². The van der Waals surface area contributed by atoms with Crippen molar-refractivity contribution in [1.29, 1.82) is 0 Å². The number of anilines is 2. The summed E-state index contributed by atoms with van der Waals surface area (Å²) >= 11 is 17.8. The van der Waals surface area contributed by atoms with Crippen LogP contribution in [0.3, 0.4) is 0 Å². The first-order valence-corrected chi connectivity index (χ1v) is 13.0.